The molecule has 0 radical (unpaired) electrons. The molecule has 0 N–H and O–H groups in total. The molecule has 0 aromatic heterocycles. The molecule has 0 aliphatic heterocycles. The first-order valence-electron chi connectivity index (χ1n) is 4.68. The molecule has 1 heteroatoms. The van der Waals surface area contributed by atoms with Crippen molar-refractivity contribution in [2.24, 2.45) is 11.3 Å². The largest absolute Gasteiger partial charge is 0.298 e. The highest BCUT2D eigenvalue weighted by atomic mass is 16.1. The smallest absolute Gasteiger partial charge is 0.145 e. The van der Waals surface area contributed by atoms with Crippen LogP contribution in [0.3, 0.4) is 0 Å². The van der Waals surface area contributed by atoms with E-state index in [1.807, 2.05) is 0 Å². The molecule has 1 aliphatic rings. The van der Waals surface area contributed by atoms with Crippen LogP contribution in [-0.4, -0.2) is 6.29 Å². The molecule has 68 valence electrons. The van der Waals surface area contributed by atoms with Gasteiger partial charge in [-0.1, -0.05) is 26.8 Å². The standard InChI is InChI=1S/C11H18O/c1-11(2,3)10-6-4-5-9(7-10)8-12/h5,8,10H,4,6-7H2,1-3H3. The first kappa shape index (κ1) is 9.50. The van der Waals surface area contributed by atoms with Gasteiger partial charge in [-0.2, -0.15) is 0 Å². The Balaban J connectivity index is 2.63. The summed E-state index contributed by atoms with van der Waals surface area (Å²) in [5.41, 5.74) is 1.35. The summed E-state index contributed by atoms with van der Waals surface area (Å²) in [7, 11) is 0. The zero-order valence-corrected chi connectivity index (χ0v) is 8.26. The van der Waals surface area contributed by atoms with E-state index in [-0.39, 0.29) is 0 Å². The second-order valence-electron chi connectivity index (χ2n) is 4.74. The van der Waals surface area contributed by atoms with E-state index < -0.39 is 0 Å². The molecule has 1 atom stereocenters. The first-order valence-corrected chi connectivity index (χ1v) is 4.68. The minimum atomic E-state index is 0.350. The third-order valence-corrected chi connectivity index (χ3v) is 2.78. The van der Waals surface area contributed by atoms with Crippen LogP contribution in [0, 0.1) is 11.3 Å². The van der Waals surface area contributed by atoms with Crippen molar-refractivity contribution in [2.75, 3.05) is 0 Å². The molecule has 0 saturated carbocycles. The lowest BCUT2D eigenvalue weighted by Gasteiger charge is -2.32. The van der Waals surface area contributed by atoms with Gasteiger partial charge < -0.3 is 0 Å². The third kappa shape index (κ3) is 2.20. The molecule has 1 rings (SSSR count). The lowest BCUT2D eigenvalue weighted by molar-refractivity contribution is -0.105. The van der Waals surface area contributed by atoms with Gasteiger partial charge >= 0.3 is 0 Å². The van der Waals surface area contributed by atoms with Crippen molar-refractivity contribution in [3.05, 3.63) is 11.6 Å². The Morgan fingerprint density at radius 2 is 2.17 bits per heavy atom. The van der Waals surface area contributed by atoms with Crippen molar-refractivity contribution in [1.29, 1.82) is 0 Å². The molecular weight excluding hydrogens is 148 g/mol. The molecule has 0 fully saturated rings. The van der Waals surface area contributed by atoms with Crippen LogP contribution in [0.1, 0.15) is 40.0 Å². The molecule has 0 heterocycles. The summed E-state index contributed by atoms with van der Waals surface area (Å²) < 4.78 is 0. The summed E-state index contributed by atoms with van der Waals surface area (Å²) in [4.78, 5) is 10.6. The van der Waals surface area contributed by atoms with Crippen molar-refractivity contribution in [3.8, 4) is 0 Å². The quantitative estimate of drug-likeness (QED) is 0.547. The highest BCUT2D eigenvalue weighted by molar-refractivity contribution is 5.73. The fraction of sp³-hybridized carbons (Fsp3) is 0.727. The number of hydrogen-bond donors (Lipinski definition) is 0. The molecule has 0 aromatic carbocycles. The molecule has 1 nitrogen and oxygen atoms in total. The predicted molar refractivity (Wildman–Crippen MR) is 50.9 cm³/mol. The van der Waals surface area contributed by atoms with Gasteiger partial charge in [0, 0.05) is 0 Å². The van der Waals surface area contributed by atoms with E-state index in [4.69, 9.17) is 0 Å². The fourth-order valence-electron chi connectivity index (χ4n) is 1.78. The summed E-state index contributed by atoms with van der Waals surface area (Å²) in [6.45, 7) is 6.77. The van der Waals surface area contributed by atoms with E-state index in [1.165, 1.54) is 6.42 Å². The van der Waals surface area contributed by atoms with E-state index in [0.717, 1.165) is 24.7 Å². The predicted octanol–water partition coefficient (Wildman–Crippen LogP) is 2.96. The number of rotatable bonds is 1. The minimum absolute atomic E-state index is 0.350. The third-order valence-electron chi connectivity index (χ3n) is 2.78. The average Bonchev–Trinajstić information content (AvgIpc) is 2.03. The Hall–Kier alpha value is -0.590. The molecular formula is C11H18O. The molecule has 0 bridgehead atoms. The van der Waals surface area contributed by atoms with Gasteiger partial charge in [0.2, 0.25) is 0 Å². The normalized spacial score (nSPS) is 24.9. The van der Waals surface area contributed by atoms with Gasteiger partial charge in [-0.05, 0) is 36.2 Å². The number of aldehydes is 1. The monoisotopic (exact) mass is 166 g/mol. The van der Waals surface area contributed by atoms with E-state index >= 15 is 0 Å². The highest BCUT2D eigenvalue weighted by Gasteiger charge is 2.26. The maximum atomic E-state index is 10.6. The van der Waals surface area contributed by atoms with Crippen LogP contribution >= 0.6 is 0 Å². The van der Waals surface area contributed by atoms with Crippen LogP contribution < -0.4 is 0 Å². The maximum Gasteiger partial charge on any atom is 0.145 e. The Morgan fingerprint density at radius 3 is 2.67 bits per heavy atom. The number of allylic oxidation sites excluding steroid dienone is 2. The average molecular weight is 166 g/mol. The maximum absolute atomic E-state index is 10.6. The fourth-order valence-corrected chi connectivity index (χ4v) is 1.78. The summed E-state index contributed by atoms with van der Waals surface area (Å²) in [6, 6.07) is 0. The Kier molecular flexibility index (Phi) is 2.71. The van der Waals surface area contributed by atoms with Crippen LogP contribution in [-0.2, 0) is 4.79 Å². The summed E-state index contributed by atoms with van der Waals surface area (Å²) in [5.74, 6) is 0.683. The summed E-state index contributed by atoms with van der Waals surface area (Å²) in [5, 5.41) is 0. The van der Waals surface area contributed by atoms with Gasteiger partial charge in [0.05, 0.1) is 0 Å². The van der Waals surface area contributed by atoms with Gasteiger partial charge in [-0.25, -0.2) is 0 Å². The van der Waals surface area contributed by atoms with Crippen molar-refractivity contribution >= 4 is 6.29 Å². The minimum Gasteiger partial charge on any atom is -0.298 e. The highest BCUT2D eigenvalue weighted by Crippen LogP contribution is 2.37. The van der Waals surface area contributed by atoms with Gasteiger partial charge in [-0.15, -0.1) is 0 Å². The van der Waals surface area contributed by atoms with Gasteiger partial charge in [0.15, 0.2) is 0 Å². The van der Waals surface area contributed by atoms with Crippen LogP contribution in [0.4, 0.5) is 0 Å². The topological polar surface area (TPSA) is 17.1 Å². The molecule has 1 unspecified atom stereocenters. The van der Waals surface area contributed by atoms with Crippen LogP contribution in [0.2, 0.25) is 0 Å². The van der Waals surface area contributed by atoms with Crippen LogP contribution in [0.25, 0.3) is 0 Å². The summed E-state index contributed by atoms with van der Waals surface area (Å²) >= 11 is 0. The lowest BCUT2D eigenvalue weighted by Crippen LogP contribution is -2.23. The summed E-state index contributed by atoms with van der Waals surface area (Å²) in [6.07, 6.45) is 6.39. The van der Waals surface area contributed by atoms with Crippen molar-refractivity contribution in [1.82, 2.24) is 0 Å². The Labute approximate surface area is 74.9 Å². The molecule has 0 spiro atoms. The van der Waals surface area contributed by atoms with Crippen molar-refractivity contribution in [2.45, 2.75) is 40.0 Å². The Bertz CT molecular complexity index is 196. The lowest BCUT2D eigenvalue weighted by atomic mass is 9.72. The molecule has 1 aliphatic carbocycles. The first-order chi connectivity index (χ1) is 5.54. The second kappa shape index (κ2) is 3.42. The van der Waals surface area contributed by atoms with Gasteiger partial charge in [0.25, 0.3) is 0 Å². The molecule has 0 amide bonds. The number of hydrogen-bond acceptors (Lipinski definition) is 1. The van der Waals surface area contributed by atoms with E-state index in [0.29, 0.717) is 11.3 Å². The number of carbonyl (C=O) groups excluding carboxylic acids is 1. The van der Waals surface area contributed by atoms with Gasteiger partial charge in [0.1, 0.15) is 6.29 Å². The zero-order valence-electron chi connectivity index (χ0n) is 8.26. The molecule has 0 saturated heterocycles. The van der Waals surface area contributed by atoms with Gasteiger partial charge in [-0.3, -0.25) is 4.79 Å². The Morgan fingerprint density at radius 1 is 1.50 bits per heavy atom. The van der Waals surface area contributed by atoms with Crippen LogP contribution in [0.5, 0.6) is 0 Å². The van der Waals surface area contributed by atoms with E-state index in [9.17, 15) is 4.79 Å². The second-order valence-corrected chi connectivity index (χ2v) is 4.74. The van der Waals surface area contributed by atoms with Crippen LogP contribution in [0.15, 0.2) is 11.6 Å². The van der Waals surface area contributed by atoms with Crippen molar-refractivity contribution in [3.63, 3.8) is 0 Å². The van der Waals surface area contributed by atoms with Crippen molar-refractivity contribution < 1.29 is 4.79 Å². The van der Waals surface area contributed by atoms with E-state index in [2.05, 4.69) is 26.8 Å². The zero-order chi connectivity index (χ0) is 9.19. The SMILES string of the molecule is CC(C)(C)C1CCC=C(C=O)C1. The molecule has 0 aromatic rings. The molecule has 12 heavy (non-hydrogen) atoms. The number of carbonyl (C=O) groups is 1. The van der Waals surface area contributed by atoms with E-state index in [1.54, 1.807) is 0 Å².